The number of hydrogen-bond acceptors (Lipinski definition) is 2. The molecule has 21 heavy (non-hydrogen) atoms. The van der Waals surface area contributed by atoms with Gasteiger partial charge >= 0.3 is 5.97 Å². The fourth-order valence-electron chi connectivity index (χ4n) is 1.72. The molecule has 0 aliphatic heterocycles. The maximum absolute atomic E-state index is 13.9. The average Bonchev–Trinajstić information content (AvgIpc) is 2.43. The molecular formula is C16H12F2O3. The summed E-state index contributed by atoms with van der Waals surface area (Å²) in [6, 6.07) is 8.25. The summed E-state index contributed by atoms with van der Waals surface area (Å²) in [7, 11) is 0. The van der Waals surface area contributed by atoms with Crippen LogP contribution in [0, 0.1) is 18.6 Å². The zero-order valence-corrected chi connectivity index (χ0v) is 11.1. The van der Waals surface area contributed by atoms with Crippen molar-refractivity contribution in [2.75, 3.05) is 0 Å². The molecular weight excluding hydrogens is 278 g/mol. The second kappa shape index (κ2) is 6.17. The van der Waals surface area contributed by atoms with Crippen molar-refractivity contribution in [2.24, 2.45) is 0 Å². The van der Waals surface area contributed by atoms with Crippen LogP contribution in [-0.4, -0.2) is 11.1 Å². The van der Waals surface area contributed by atoms with Crippen molar-refractivity contribution in [3.63, 3.8) is 0 Å². The quantitative estimate of drug-likeness (QED) is 0.860. The molecule has 0 radical (unpaired) electrons. The van der Waals surface area contributed by atoms with Gasteiger partial charge in [-0.1, -0.05) is 12.1 Å². The molecule has 0 aliphatic rings. The predicted octanol–water partition coefficient (Wildman–Crippen LogP) is 4.16. The SMILES string of the molecule is Cc1cccc(Oc2ccc(F)cc2/C=C/C(=O)O)c1F. The van der Waals surface area contributed by atoms with E-state index in [0.29, 0.717) is 5.56 Å². The van der Waals surface area contributed by atoms with Crippen molar-refractivity contribution in [3.8, 4) is 11.5 Å². The molecule has 0 saturated carbocycles. The van der Waals surface area contributed by atoms with Crippen molar-refractivity contribution in [1.82, 2.24) is 0 Å². The third-order valence-corrected chi connectivity index (χ3v) is 2.75. The molecule has 108 valence electrons. The van der Waals surface area contributed by atoms with Gasteiger partial charge in [0.1, 0.15) is 11.6 Å². The van der Waals surface area contributed by atoms with Gasteiger partial charge in [-0.3, -0.25) is 0 Å². The monoisotopic (exact) mass is 290 g/mol. The molecule has 0 atom stereocenters. The predicted molar refractivity (Wildman–Crippen MR) is 74.3 cm³/mol. The lowest BCUT2D eigenvalue weighted by atomic mass is 10.1. The molecule has 1 N–H and O–H groups in total. The molecule has 0 aromatic heterocycles. The van der Waals surface area contributed by atoms with Crippen LogP contribution >= 0.6 is 0 Å². The number of aliphatic carboxylic acids is 1. The van der Waals surface area contributed by atoms with Crippen LogP contribution in [0.3, 0.4) is 0 Å². The number of ether oxygens (including phenoxy) is 1. The Hall–Kier alpha value is -2.69. The third kappa shape index (κ3) is 3.66. The van der Waals surface area contributed by atoms with Crippen LogP contribution < -0.4 is 4.74 Å². The summed E-state index contributed by atoms with van der Waals surface area (Å²) in [6.07, 6.45) is 2.04. The fraction of sp³-hybridized carbons (Fsp3) is 0.0625. The zero-order chi connectivity index (χ0) is 15.4. The summed E-state index contributed by atoms with van der Waals surface area (Å²) in [5.41, 5.74) is 0.621. The zero-order valence-electron chi connectivity index (χ0n) is 11.1. The summed E-state index contributed by atoms with van der Waals surface area (Å²) < 4.78 is 32.6. The van der Waals surface area contributed by atoms with E-state index < -0.39 is 17.6 Å². The number of aryl methyl sites for hydroxylation is 1. The fourth-order valence-corrected chi connectivity index (χ4v) is 1.72. The van der Waals surface area contributed by atoms with Crippen LogP contribution in [-0.2, 0) is 4.79 Å². The van der Waals surface area contributed by atoms with E-state index >= 15 is 0 Å². The average molecular weight is 290 g/mol. The van der Waals surface area contributed by atoms with E-state index in [0.717, 1.165) is 18.2 Å². The van der Waals surface area contributed by atoms with Gasteiger partial charge in [0.2, 0.25) is 0 Å². The first-order valence-electron chi connectivity index (χ1n) is 6.11. The number of rotatable bonds is 4. The second-order valence-corrected chi connectivity index (χ2v) is 4.34. The topological polar surface area (TPSA) is 46.5 Å². The van der Waals surface area contributed by atoms with E-state index in [4.69, 9.17) is 9.84 Å². The maximum atomic E-state index is 13.9. The lowest BCUT2D eigenvalue weighted by Gasteiger charge is -2.10. The highest BCUT2D eigenvalue weighted by Gasteiger charge is 2.10. The Morgan fingerprint density at radius 2 is 1.95 bits per heavy atom. The molecule has 0 amide bonds. The summed E-state index contributed by atoms with van der Waals surface area (Å²) in [4.78, 5) is 10.5. The minimum Gasteiger partial charge on any atom is -0.478 e. The molecule has 2 aromatic rings. The van der Waals surface area contributed by atoms with Crippen molar-refractivity contribution < 1.29 is 23.4 Å². The number of carbonyl (C=O) groups is 1. The number of halogens is 2. The molecule has 0 aliphatic carbocycles. The van der Waals surface area contributed by atoms with Crippen LogP contribution in [0.1, 0.15) is 11.1 Å². The smallest absolute Gasteiger partial charge is 0.328 e. The first-order chi connectivity index (χ1) is 9.97. The Labute approximate surface area is 120 Å². The van der Waals surface area contributed by atoms with Crippen molar-refractivity contribution >= 4 is 12.0 Å². The van der Waals surface area contributed by atoms with Gasteiger partial charge < -0.3 is 9.84 Å². The molecule has 0 spiro atoms. The van der Waals surface area contributed by atoms with Gasteiger partial charge in [0.15, 0.2) is 11.6 Å². The molecule has 2 aromatic carbocycles. The van der Waals surface area contributed by atoms with Gasteiger partial charge in [0.05, 0.1) is 0 Å². The maximum Gasteiger partial charge on any atom is 0.328 e. The number of hydrogen-bond donors (Lipinski definition) is 1. The van der Waals surface area contributed by atoms with Crippen LogP contribution in [0.25, 0.3) is 6.08 Å². The molecule has 0 heterocycles. The first kappa shape index (κ1) is 14.7. The highest BCUT2D eigenvalue weighted by Crippen LogP contribution is 2.30. The van der Waals surface area contributed by atoms with E-state index in [1.54, 1.807) is 19.1 Å². The van der Waals surface area contributed by atoms with Crippen molar-refractivity contribution in [1.29, 1.82) is 0 Å². The Bertz CT molecular complexity index is 709. The molecule has 0 unspecified atom stereocenters. The normalized spacial score (nSPS) is 10.8. The van der Waals surface area contributed by atoms with E-state index in [-0.39, 0.29) is 17.1 Å². The standard InChI is InChI=1S/C16H12F2O3/c1-10-3-2-4-14(16(10)18)21-13-7-6-12(17)9-11(13)5-8-15(19)20/h2-9H,1H3,(H,19,20)/b8-5+. The van der Waals surface area contributed by atoms with Gasteiger partial charge in [0, 0.05) is 11.6 Å². The lowest BCUT2D eigenvalue weighted by Crippen LogP contribution is -1.94. The van der Waals surface area contributed by atoms with Gasteiger partial charge in [0.25, 0.3) is 0 Å². The van der Waals surface area contributed by atoms with E-state index in [1.165, 1.54) is 18.2 Å². The third-order valence-electron chi connectivity index (χ3n) is 2.75. The van der Waals surface area contributed by atoms with E-state index in [9.17, 15) is 13.6 Å². The summed E-state index contributed by atoms with van der Waals surface area (Å²) in [6.45, 7) is 1.60. The highest BCUT2D eigenvalue weighted by atomic mass is 19.1. The van der Waals surface area contributed by atoms with Crippen LogP contribution in [0.5, 0.6) is 11.5 Å². The number of carboxylic acids is 1. The lowest BCUT2D eigenvalue weighted by molar-refractivity contribution is -0.131. The minimum absolute atomic E-state index is 0.00779. The van der Waals surface area contributed by atoms with Gasteiger partial charge in [-0.15, -0.1) is 0 Å². The summed E-state index contributed by atoms with van der Waals surface area (Å²) in [5, 5.41) is 8.62. The number of benzene rings is 2. The van der Waals surface area contributed by atoms with Gasteiger partial charge in [-0.2, -0.15) is 0 Å². The Morgan fingerprint density at radius 3 is 2.67 bits per heavy atom. The summed E-state index contributed by atoms with van der Waals surface area (Å²) in [5.74, 6) is -2.08. The molecule has 5 heteroatoms. The van der Waals surface area contributed by atoms with Crippen molar-refractivity contribution in [3.05, 3.63) is 65.2 Å². The molecule has 2 rings (SSSR count). The largest absolute Gasteiger partial charge is 0.478 e. The van der Waals surface area contributed by atoms with Crippen LogP contribution in [0.15, 0.2) is 42.5 Å². The van der Waals surface area contributed by atoms with Crippen LogP contribution in [0.2, 0.25) is 0 Å². The second-order valence-electron chi connectivity index (χ2n) is 4.34. The Morgan fingerprint density at radius 1 is 1.19 bits per heavy atom. The van der Waals surface area contributed by atoms with Crippen molar-refractivity contribution in [2.45, 2.75) is 6.92 Å². The van der Waals surface area contributed by atoms with E-state index in [2.05, 4.69) is 0 Å². The Kier molecular flexibility index (Phi) is 4.33. The van der Waals surface area contributed by atoms with Gasteiger partial charge in [-0.05, 0) is 42.8 Å². The van der Waals surface area contributed by atoms with E-state index in [1.807, 2.05) is 0 Å². The summed E-state index contributed by atoms with van der Waals surface area (Å²) >= 11 is 0. The number of carboxylic acid groups (broad SMARTS) is 1. The molecule has 0 fully saturated rings. The van der Waals surface area contributed by atoms with Crippen LogP contribution in [0.4, 0.5) is 8.78 Å². The minimum atomic E-state index is -1.17. The first-order valence-corrected chi connectivity index (χ1v) is 6.11. The Balaban J connectivity index is 2.39. The molecule has 0 bridgehead atoms. The molecule has 3 nitrogen and oxygen atoms in total. The highest BCUT2D eigenvalue weighted by molar-refractivity contribution is 5.85. The molecule has 0 saturated heterocycles. The van der Waals surface area contributed by atoms with Gasteiger partial charge in [-0.25, -0.2) is 13.6 Å².